The molecule has 1 heterocycles. The number of fused-ring (bicyclic) bond motifs is 1. The molecule has 5 nitrogen and oxygen atoms in total. The molecule has 0 unspecified atom stereocenters. The molecule has 0 atom stereocenters. The Morgan fingerprint density at radius 2 is 1.70 bits per heavy atom. The zero-order valence-electron chi connectivity index (χ0n) is 10.2. The second kappa shape index (κ2) is 4.62. The van der Waals surface area contributed by atoms with Gasteiger partial charge in [-0.15, -0.1) is 0 Å². The molecule has 0 saturated carbocycles. The van der Waals surface area contributed by atoms with Crippen molar-refractivity contribution in [1.82, 2.24) is 0 Å². The number of allylic oxidation sites excluding steroid dienone is 1. The Morgan fingerprint density at radius 1 is 1.00 bits per heavy atom. The first-order valence-corrected chi connectivity index (χ1v) is 5.85. The maximum atomic E-state index is 12.0. The maximum Gasteiger partial charge on any atom is 0.235 e. The van der Waals surface area contributed by atoms with Crippen LogP contribution in [0.25, 0.3) is 0 Å². The molecule has 0 aliphatic carbocycles. The van der Waals surface area contributed by atoms with Crippen LogP contribution in [0, 0.1) is 0 Å². The number of ether oxygens (including phenoxy) is 2. The Kier molecular flexibility index (Phi) is 2.80. The Bertz CT molecular complexity index is 701. The molecule has 100 valence electrons. The topological polar surface area (TPSA) is 76.0 Å². The van der Waals surface area contributed by atoms with Gasteiger partial charge in [0.2, 0.25) is 11.5 Å². The van der Waals surface area contributed by atoms with Crippen LogP contribution in [-0.2, 0) is 0 Å². The highest BCUT2D eigenvalue weighted by Crippen LogP contribution is 2.33. The van der Waals surface area contributed by atoms with Gasteiger partial charge < -0.3 is 19.7 Å². The molecular formula is C15H10O5. The summed E-state index contributed by atoms with van der Waals surface area (Å²) < 4.78 is 10.6. The van der Waals surface area contributed by atoms with Gasteiger partial charge in [0.05, 0.1) is 5.56 Å². The minimum atomic E-state index is -0.307. The molecule has 2 N–H and O–H groups in total. The number of aromatic hydroxyl groups is 2. The Morgan fingerprint density at radius 3 is 2.45 bits per heavy atom. The lowest BCUT2D eigenvalue weighted by Gasteiger charge is -2.01. The number of phenolic OH excluding ortho intramolecular Hbond substituents is 2. The summed E-state index contributed by atoms with van der Waals surface area (Å²) in [6.45, 7) is 0. The van der Waals surface area contributed by atoms with Gasteiger partial charge in [0, 0.05) is 6.07 Å². The molecule has 0 aromatic heterocycles. The highest BCUT2D eigenvalue weighted by atomic mass is 16.5. The number of ketones is 1. The number of phenols is 2. The maximum absolute atomic E-state index is 12.0. The molecule has 0 amide bonds. The first-order valence-electron chi connectivity index (χ1n) is 5.85. The van der Waals surface area contributed by atoms with Gasteiger partial charge in [-0.3, -0.25) is 4.79 Å². The fourth-order valence-corrected chi connectivity index (χ4v) is 1.80. The normalized spacial score (nSPS) is 15.0. The SMILES string of the molecule is O=C1/C(=C/Oc2ccc(O)cc2)Oc2cc(O)ccc21. The van der Waals surface area contributed by atoms with Gasteiger partial charge in [-0.25, -0.2) is 0 Å². The van der Waals surface area contributed by atoms with Gasteiger partial charge in [0.25, 0.3) is 0 Å². The van der Waals surface area contributed by atoms with E-state index < -0.39 is 0 Å². The van der Waals surface area contributed by atoms with Crippen molar-refractivity contribution in [3.63, 3.8) is 0 Å². The number of carbonyl (C=O) groups excluding carboxylic acids is 1. The monoisotopic (exact) mass is 270 g/mol. The molecule has 0 radical (unpaired) electrons. The van der Waals surface area contributed by atoms with Crippen LogP contribution in [0.2, 0.25) is 0 Å². The Hall–Kier alpha value is -2.95. The number of Topliss-reactive ketones (excluding diaryl/α,β-unsaturated/α-hetero) is 1. The lowest BCUT2D eigenvalue weighted by atomic mass is 10.1. The minimum absolute atomic E-state index is 0.0252. The summed E-state index contributed by atoms with van der Waals surface area (Å²) in [4.78, 5) is 12.0. The van der Waals surface area contributed by atoms with Crippen LogP contribution in [0.3, 0.4) is 0 Å². The van der Waals surface area contributed by atoms with Crippen LogP contribution in [-0.4, -0.2) is 16.0 Å². The fraction of sp³-hybridized carbons (Fsp3) is 0. The summed E-state index contributed by atoms with van der Waals surface area (Å²) in [6.07, 6.45) is 1.20. The van der Waals surface area contributed by atoms with E-state index in [1.165, 1.54) is 36.6 Å². The highest BCUT2D eigenvalue weighted by Gasteiger charge is 2.28. The van der Waals surface area contributed by atoms with E-state index >= 15 is 0 Å². The third-order valence-corrected chi connectivity index (χ3v) is 2.79. The second-order valence-corrected chi connectivity index (χ2v) is 4.21. The fourth-order valence-electron chi connectivity index (χ4n) is 1.80. The zero-order chi connectivity index (χ0) is 14.1. The predicted octanol–water partition coefficient (Wildman–Crippen LogP) is 2.59. The summed E-state index contributed by atoms with van der Waals surface area (Å²) in [5, 5.41) is 18.5. The van der Waals surface area contributed by atoms with Gasteiger partial charge in [0.15, 0.2) is 0 Å². The van der Waals surface area contributed by atoms with Crippen molar-refractivity contribution >= 4 is 5.78 Å². The van der Waals surface area contributed by atoms with Gasteiger partial charge in [0.1, 0.15) is 29.3 Å². The van der Waals surface area contributed by atoms with Crippen molar-refractivity contribution in [3.05, 3.63) is 60.0 Å². The summed E-state index contributed by atoms with van der Waals surface area (Å²) in [5.74, 6) is 0.650. The molecular weight excluding hydrogens is 260 g/mol. The van der Waals surface area contributed by atoms with E-state index in [-0.39, 0.29) is 23.0 Å². The number of rotatable bonds is 2. The van der Waals surface area contributed by atoms with E-state index in [1.807, 2.05) is 0 Å². The molecule has 0 saturated heterocycles. The standard InChI is InChI=1S/C15H10O5/c16-9-1-4-11(5-2-9)19-8-14-15(18)12-6-3-10(17)7-13(12)20-14/h1-8,16-17H/b14-8-. The molecule has 5 heteroatoms. The quantitative estimate of drug-likeness (QED) is 0.648. The molecule has 1 aliphatic rings. The Labute approximate surface area is 114 Å². The van der Waals surface area contributed by atoms with E-state index in [0.29, 0.717) is 17.1 Å². The average Bonchev–Trinajstić information content (AvgIpc) is 2.74. The first kappa shape index (κ1) is 12.1. The van der Waals surface area contributed by atoms with Gasteiger partial charge in [-0.1, -0.05) is 0 Å². The third-order valence-electron chi connectivity index (χ3n) is 2.79. The van der Waals surface area contributed by atoms with Crippen molar-refractivity contribution in [1.29, 1.82) is 0 Å². The van der Waals surface area contributed by atoms with Crippen molar-refractivity contribution in [3.8, 4) is 23.0 Å². The predicted molar refractivity (Wildman–Crippen MR) is 69.9 cm³/mol. The largest absolute Gasteiger partial charge is 0.508 e. The Balaban J connectivity index is 1.81. The van der Waals surface area contributed by atoms with Crippen LogP contribution < -0.4 is 9.47 Å². The molecule has 2 aromatic rings. The van der Waals surface area contributed by atoms with Crippen molar-refractivity contribution in [2.24, 2.45) is 0 Å². The molecule has 20 heavy (non-hydrogen) atoms. The van der Waals surface area contributed by atoms with Crippen molar-refractivity contribution < 1.29 is 24.5 Å². The summed E-state index contributed by atoms with van der Waals surface area (Å²) in [7, 11) is 0. The van der Waals surface area contributed by atoms with Crippen LogP contribution in [0.1, 0.15) is 10.4 Å². The number of benzene rings is 2. The summed E-state index contributed by atoms with van der Waals surface area (Å²) >= 11 is 0. The second-order valence-electron chi connectivity index (χ2n) is 4.21. The molecule has 0 fully saturated rings. The third kappa shape index (κ3) is 2.16. The van der Waals surface area contributed by atoms with Crippen LogP contribution in [0.5, 0.6) is 23.0 Å². The lowest BCUT2D eigenvalue weighted by Crippen LogP contribution is -2.00. The van der Waals surface area contributed by atoms with Crippen LogP contribution in [0.15, 0.2) is 54.5 Å². The number of carbonyl (C=O) groups is 1. The first-order chi connectivity index (χ1) is 9.63. The van der Waals surface area contributed by atoms with E-state index in [2.05, 4.69) is 0 Å². The molecule has 1 aliphatic heterocycles. The van der Waals surface area contributed by atoms with Gasteiger partial charge in [-0.05, 0) is 36.4 Å². The van der Waals surface area contributed by atoms with E-state index in [1.54, 1.807) is 12.1 Å². The van der Waals surface area contributed by atoms with Gasteiger partial charge >= 0.3 is 0 Å². The minimum Gasteiger partial charge on any atom is -0.508 e. The van der Waals surface area contributed by atoms with E-state index in [0.717, 1.165) is 0 Å². The van der Waals surface area contributed by atoms with Crippen LogP contribution in [0.4, 0.5) is 0 Å². The number of hydrogen-bond acceptors (Lipinski definition) is 5. The van der Waals surface area contributed by atoms with Crippen molar-refractivity contribution in [2.75, 3.05) is 0 Å². The van der Waals surface area contributed by atoms with E-state index in [9.17, 15) is 9.90 Å². The average molecular weight is 270 g/mol. The molecule has 0 spiro atoms. The molecule has 3 rings (SSSR count). The summed E-state index contributed by atoms with van der Waals surface area (Å²) in [5.41, 5.74) is 0.378. The summed E-state index contributed by atoms with van der Waals surface area (Å²) in [6, 6.07) is 10.3. The molecule has 0 bridgehead atoms. The number of hydrogen-bond donors (Lipinski definition) is 2. The van der Waals surface area contributed by atoms with Gasteiger partial charge in [-0.2, -0.15) is 0 Å². The van der Waals surface area contributed by atoms with E-state index in [4.69, 9.17) is 14.6 Å². The highest BCUT2D eigenvalue weighted by molar-refractivity contribution is 6.12. The lowest BCUT2D eigenvalue weighted by molar-refractivity contribution is 0.101. The zero-order valence-corrected chi connectivity index (χ0v) is 10.2. The van der Waals surface area contributed by atoms with Crippen molar-refractivity contribution in [2.45, 2.75) is 0 Å². The van der Waals surface area contributed by atoms with Crippen LogP contribution >= 0.6 is 0 Å². The molecule has 2 aromatic carbocycles. The smallest absolute Gasteiger partial charge is 0.235 e.